The third-order valence-electron chi connectivity index (χ3n) is 3.68. The summed E-state index contributed by atoms with van der Waals surface area (Å²) in [6, 6.07) is 9.36. The number of rotatable bonds is 5. The second kappa shape index (κ2) is 6.70. The van der Waals surface area contributed by atoms with Crippen LogP contribution in [0.5, 0.6) is 5.88 Å². The molecule has 0 unspecified atom stereocenters. The largest absolute Gasteiger partial charge is 0.481 e. The van der Waals surface area contributed by atoms with Crippen molar-refractivity contribution < 1.29 is 13.2 Å². The third-order valence-corrected chi connectivity index (χ3v) is 5.55. The molecule has 0 amide bonds. The number of primary sulfonamides is 1. The summed E-state index contributed by atoms with van der Waals surface area (Å²) >= 11 is 1.29. The molecule has 144 valence electrons. The minimum Gasteiger partial charge on any atom is -0.481 e. The number of ether oxygens (including phenoxy) is 1. The Balaban J connectivity index is 1.62. The normalized spacial score (nSPS) is 11.6. The molecule has 28 heavy (non-hydrogen) atoms. The van der Waals surface area contributed by atoms with Crippen LogP contribution in [0.25, 0.3) is 15.5 Å². The van der Waals surface area contributed by atoms with Gasteiger partial charge in [0.25, 0.3) is 0 Å². The van der Waals surface area contributed by atoms with E-state index in [1.54, 1.807) is 31.4 Å². The molecule has 0 atom stereocenters. The fourth-order valence-electron chi connectivity index (χ4n) is 2.37. The molecule has 5 N–H and O–H groups in total. The number of nitrogens with zero attached hydrogens (tertiary/aromatic N) is 5. The Bertz CT molecular complexity index is 1260. The maximum Gasteiger partial charge on any atom is 0.248 e. The number of pyridine rings is 1. The average Bonchev–Trinajstić information content (AvgIpc) is 3.23. The Morgan fingerprint density at radius 3 is 2.54 bits per heavy atom. The van der Waals surface area contributed by atoms with Crippen LogP contribution in [0, 0.1) is 0 Å². The lowest BCUT2D eigenvalue weighted by Crippen LogP contribution is -2.11. The number of methoxy groups -OCH3 is 1. The first-order valence-corrected chi connectivity index (χ1v) is 10.1. The quantitative estimate of drug-likeness (QED) is 0.432. The van der Waals surface area contributed by atoms with Crippen molar-refractivity contribution in [2.75, 3.05) is 18.2 Å². The molecule has 4 aromatic rings. The van der Waals surface area contributed by atoms with E-state index in [0.29, 0.717) is 27.0 Å². The van der Waals surface area contributed by atoms with Gasteiger partial charge >= 0.3 is 0 Å². The van der Waals surface area contributed by atoms with E-state index in [2.05, 4.69) is 25.4 Å². The van der Waals surface area contributed by atoms with Crippen molar-refractivity contribution in [3.63, 3.8) is 0 Å². The second-order valence-electron chi connectivity index (χ2n) is 5.57. The van der Waals surface area contributed by atoms with Crippen LogP contribution >= 0.6 is 11.3 Å². The topological polar surface area (TPSA) is 164 Å². The Hall–Kier alpha value is -3.29. The molecule has 0 fully saturated rings. The highest BCUT2D eigenvalue weighted by molar-refractivity contribution is 7.89. The Kier molecular flexibility index (Phi) is 4.33. The third kappa shape index (κ3) is 3.45. The highest BCUT2D eigenvalue weighted by Crippen LogP contribution is 2.27. The predicted octanol–water partition coefficient (Wildman–Crippen LogP) is 1.25. The lowest BCUT2D eigenvalue weighted by molar-refractivity contribution is 0.400. The van der Waals surface area contributed by atoms with E-state index in [4.69, 9.17) is 15.6 Å². The lowest BCUT2D eigenvalue weighted by Gasteiger charge is -2.02. The summed E-state index contributed by atoms with van der Waals surface area (Å²) in [4.78, 5) is 13.6. The van der Waals surface area contributed by atoms with Crippen LogP contribution in [0.15, 0.2) is 41.3 Å². The SMILES string of the molecule is COc1ccc2nc(-n3nc(Nc4ccc(S(N)(=O)=O)cc4)nc3N)sc2n1. The number of sulfonamides is 1. The first kappa shape index (κ1) is 18.1. The zero-order chi connectivity index (χ0) is 19.9. The Morgan fingerprint density at radius 1 is 1.11 bits per heavy atom. The minimum atomic E-state index is -3.75. The van der Waals surface area contributed by atoms with Crippen LogP contribution in [0.3, 0.4) is 0 Å². The monoisotopic (exact) mass is 418 g/mol. The number of hydrogen-bond acceptors (Lipinski definition) is 10. The molecule has 3 heterocycles. The maximum atomic E-state index is 11.3. The lowest BCUT2D eigenvalue weighted by atomic mass is 10.3. The Labute approximate surface area is 163 Å². The summed E-state index contributed by atoms with van der Waals surface area (Å²) in [6.07, 6.45) is 0. The number of benzene rings is 1. The van der Waals surface area contributed by atoms with E-state index in [1.165, 1.54) is 28.2 Å². The molecular formula is C15H14N8O3S2. The molecule has 0 spiro atoms. The van der Waals surface area contributed by atoms with Gasteiger partial charge in [-0.15, -0.1) is 5.10 Å². The number of aromatic nitrogens is 5. The molecule has 11 nitrogen and oxygen atoms in total. The molecule has 0 radical (unpaired) electrons. The number of nitrogen functional groups attached to an aromatic ring is 1. The van der Waals surface area contributed by atoms with Gasteiger partial charge in [-0.05, 0) is 30.3 Å². The van der Waals surface area contributed by atoms with Crippen LogP contribution in [0.1, 0.15) is 0 Å². The highest BCUT2D eigenvalue weighted by Gasteiger charge is 2.15. The standard InChI is InChI=1S/C15H14N8O3S2/c1-26-11-7-6-10-12(20-11)27-15(19-10)23-13(16)21-14(22-23)18-8-2-4-9(5-3-8)28(17,24)25/h2-7H,1H3,(H2,17,24,25)(H3,16,18,21,22). The smallest absolute Gasteiger partial charge is 0.248 e. The molecule has 0 saturated heterocycles. The van der Waals surface area contributed by atoms with Crippen LogP contribution in [-0.4, -0.2) is 40.3 Å². The Morgan fingerprint density at radius 2 is 1.86 bits per heavy atom. The van der Waals surface area contributed by atoms with E-state index in [-0.39, 0.29) is 16.8 Å². The number of thiazole rings is 1. The zero-order valence-electron chi connectivity index (χ0n) is 14.4. The second-order valence-corrected chi connectivity index (χ2v) is 8.09. The van der Waals surface area contributed by atoms with Gasteiger partial charge in [-0.2, -0.15) is 9.67 Å². The van der Waals surface area contributed by atoms with Crippen molar-refractivity contribution in [2.45, 2.75) is 4.90 Å². The number of anilines is 3. The van der Waals surface area contributed by atoms with E-state index in [1.807, 2.05) is 0 Å². The molecule has 0 saturated carbocycles. The summed E-state index contributed by atoms with van der Waals surface area (Å²) in [5, 5.41) is 12.8. The van der Waals surface area contributed by atoms with Gasteiger partial charge in [0.15, 0.2) is 0 Å². The van der Waals surface area contributed by atoms with E-state index in [9.17, 15) is 8.42 Å². The molecule has 0 aliphatic heterocycles. The fraction of sp³-hybridized carbons (Fsp3) is 0.0667. The molecular weight excluding hydrogens is 404 g/mol. The number of nitrogens with one attached hydrogen (secondary N) is 1. The summed E-state index contributed by atoms with van der Waals surface area (Å²) < 4.78 is 29.1. The fourth-order valence-corrected chi connectivity index (χ4v) is 3.77. The van der Waals surface area contributed by atoms with Gasteiger partial charge in [0.2, 0.25) is 32.9 Å². The van der Waals surface area contributed by atoms with Crippen molar-refractivity contribution in [3.8, 4) is 11.0 Å². The van der Waals surface area contributed by atoms with E-state index >= 15 is 0 Å². The summed E-state index contributed by atoms with van der Waals surface area (Å²) in [5.74, 6) is 0.847. The van der Waals surface area contributed by atoms with Crippen LogP contribution in [-0.2, 0) is 10.0 Å². The van der Waals surface area contributed by atoms with Gasteiger partial charge in [0.1, 0.15) is 10.3 Å². The maximum absolute atomic E-state index is 11.3. The van der Waals surface area contributed by atoms with Gasteiger partial charge in [0, 0.05) is 11.8 Å². The minimum absolute atomic E-state index is 0.00783. The molecule has 3 aromatic heterocycles. The van der Waals surface area contributed by atoms with Crippen molar-refractivity contribution in [2.24, 2.45) is 5.14 Å². The first-order chi connectivity index (χ1) is 13.3. The van der Waals surface area contributed by atoms with Crippen molar-refractivity contribution in [3.05, 3.63) is 36.4 Å². The summed E-state index contributed by atoms with van der Waals surface area (Å²) in [6.45, 7) is 0. The van der Waals surface area contributed by atoms with E-state index < -0.39 is 10.0 Å². The van der Waals surface area contributed by atoms with Crippen LogP contribution < -0.4 is 20.9 Å². The number of hydrogen-bond donors (Lipinski definition) is 3. The van der Waals surface area contributed by atoms with Crippen LogP contribution in [0.2, 0.25) is 0 Å². The van der Waals surface area contributed by atoms with Gasteiger partial charge in [-0.3, -0.25) is 0 Å². The van der Waals surface area contributed by atoms with Crippen molar-refractivity contribution in [1.29, 1.82) is 0 Å². The molecule has 13 heteroatoms. The van der Waals surface area contributed by atoms with Gasteiger partial charge < -0.3 is 15.8 Å². The van der Waals surface area contributed by atoms with E-state index in [0.717, 1.165) is 0 Å². The van der Waals surface area contributed by atoms with Gasteiger partial charge in [-0.25, -0.2) is 23.5 Å². The molecule has 0 aliphatic carbocycles. The van der Waals surface area contributed by atoms with Crippen molar-refractivity contribution >= 4 is 49.3 Å². The average molecular weight is 418 g/mol. The highest BCUT2D eigenvalue weighted by atomic mass is 32.2. The van der Waals surface area contributed by atoms with Crippen LogP contribution in [0.4, 0.5) is 17.6 Å². The van der Waals surface area contributed by atoms with Gasteiger partial charge in [-0.1, -0.05) is 11.3 Å². The molecule has 0 bridgehead atoms. The summed E-state index contributed by atoms with van der Waals surface area (Å²) in [5.41, 5.74) is 7.21. The predicted molar refractivity (Wildman–Crippen MR) is 104 cm³/mol. The zero-order valence-corrected chi connectivity index (χ0v) is 16.0. The summed E-state index contributed by atoms with van der Waals surface area (Å²) in [7, 11) is -2.21. The van der Waals surface area contributed by atoms with Crippen molar-refractivity contribution in [1.82, 2.24) is 24.7 Å². The molecule has 1 aromatic carbocycles. The molecule has 0 aliphatic rings. The number of fused-ring (bicyclic) bond motifs is 1. The molecule has 4 rings (SSSR count). The number of nitrogens with two attached hydrogens (primary N) is 2. The first-order valence-electron chi connectivity index (χ1n) is 7.78. The van der Waals surface area contributed by atoms with Gasteiger partial charge in [0.05, 0.1) is 12.0 Å².